The van der Waals surface area contributed by atoms with E-state index >= 15 is 0 Å². The first-order valence-electron chi connectivity index (χ1n) is 6.95. The number of hydrogen-bond donors (Lipinski definition) is 1. The van der Waals surface area contributed by atoms with Gasteiger partial charge >= 0.3 is 5.97 Å². The van der Waals surface area contributed by atoms with Crippen molar-refractivity contribution >= 4 is 5.97 Å². The second kappa shape index (κ2) is 6.99. The zero-order valence-corrected chi connectivity index (χ0v) is 12.3. The topological polar surface area (TPSA) is 71.2 Å². The van der Waals surface area contributed by atoms with Crippen molar-refractivity contribution in [2.75, 3.05) is 13.6 Å². The van der Waals surface area contributed by atoms with E-state index in [2.05, 4.69) is 34.0 Å². The molecule has 1 N–H and O–H groups in total. The maximum Gasteiger partial charge on any atom is 0.303 e. The van der Waals surface area contributed by atoms with Crippen LogP contribution in [0.3, 0.4) is 0 Å². The van der Waals surface area contributed by atoms with Crippen LogP contribution in [0.2, 0.25) is 0 Å². The average molecular weight is 288 g/mol. The van der Waals surface area contributed by atoms with Crippen molar-refractivity contribution in [3.63, 3.8) is 0 Å². The summed E-state index contributed by atoms with van der Waals surface area (Å²) in [7, 11) is 2.01. The molecular formula is C15H20N4O2. The Bertz CT molecular complexity index is 566. The highest BCUT2D eigenvalue weighted by Gasteiger charge is 2.12. The van der Waals surface area contributed by atoms with Crippen LogP contribution in [-0.2, 0) is 4.79 Å². The van der Waals surface area contributed by atoms with Crippen molar-refractivity contribution < 1.29 is 9.90 Å². The highest BCUT2D eigenvalue weighted by molar-refractivity contribution is 5.66. The van der Waals surface area contributed by atoms with E-state index in [0.717, 1.165) is 12.2 Å². The minimum atomic E-state index is -0.742. The molecule has 21 heavy (non-hydrogen) atoms. The zero-order chi connectivity index (χ0) is 15.2. The predicted molar refractivity (Wildman–Crippen MR) is 79.3 cm³/mol. The molecule has 0 aliphatic rings. The normalized spacial score (nSPS) is 12.5. The van der Waals surface area contributed by atoms with Gasteiger partial charge in [-0.2, -0.15) is 5.10 Å². The molecule has 0 spiro atoms. The zero-order valence-electron chi connectivity index (χ0n) is 12.3. The van der Waals surface area contributed by atoms with Gasteiger partial charge in [-0.3, -0.25) is 9.69 Å². The summed E-state index contributed by atoms with van der Waals surface area (Å²) in [6.07, 6.45) is 4.04. The fourth-order valence-corrected chi connectivity index (χ4v) is 2.17. The van der Waals surface area contributed by atoms with Gasteiger partial charge in [0.2, 0.25) is 0 Å². The number of carboxylic acids is 1. The van der Waals surface area contributed by atoms with Crippen LogP contribution in [0.5, 0.6) is 0 Å². The second-order valence-corrected chi connectivity index (χ2v) is 5.09. The van der Waals surface area contributed by atoms with Crippen LogP contribution < -0.4 is 0 Å². The quantitative estimate of drug-likeness (QED) is 0.845. The number of carboxylic acid groups (broad SMARTS) is 1. The van der Waals surface area contributed by atoms with E-state index in [0.29, 0.717) is 6.42 Å². The van der Waals surface area contributed by atoms with E-state index in [-0.39, 0.29) is 12.5 Å². The van der Waals surface area contributed by atoms with Gasteiger partial charge in [0, 0.05) is 12.5 Å². The van der Waals surface area contributed by atoms with Crippen LogP contribution in [0.25, 0.3) is 5.69 Å². The van der Waals surface area contributed by atoms with Crippen LogP contribution in [0.4, 0.5) is 0 Å². The Morgan fingerprint density at radius 1 is 1.38 bits per heavy atom. The van der Waals surface area contributed by atoms with Crippen molar-refractivity contribution in [1.29, 1.82) is 0 Å². The summed E-state index contributed by atoms with van der Waals surface area (Å²) in [5.74, 6) is -0.742. The van der Waals surface area contributed by atoms with Crippen molar-refractivity contribution in [2.24, 2.45) is 0 Å². The molecule has 1 unspecified atom stereocenters. The van der Waals surface area contributed by atoms with Gasteiger partial charge < -0.3 is 5.11 Å². The highest BCUT2D eigenvalue weighted by atomic mass is 16.4. The molecule has 0 bridgehead atoms. The van der Waals surface area contributed by atoms with Gasteiger partial charge in [-0.1, -0.05) is 12.1 Å². The first-order chi connectivity index (χ1) is 10.1. The van der Waals surface area contributed by atoms with E-state index in [9.17, 15) is 4.79 Å². The van der Waals surface area contributed by atoms with E-state index in [4.69, 9.17) is 5.11 Å². The molecule has 0 radical (unpaired) electrons. The summed E-state index contributed by atoms with van der Waals surface area (Å²) in [6, 6.07) is 8.38. The first kappa shape index (κ1) is 15.2. The summed E-state index contributed by atoms with van der Waals surface area (Å²) in [5, 5.41) is 12.8. The van der Waals surface area contributed by atoms with Crippen LogP contribution in [0, 0.1) is 0 Å². The standard InChI is InChI=1S/C15H20N4O2/c1-12(18(2)9-3-4-15(20)21)13-5-7-14(8-6-13)19-11-16-10-17-19/h5-8,10-12H,3-4,9H2,1-2H3,(H,20,21). The molecular weight excluding hydrogens is 268 g/mol. The number of aromatic nitrogens is 3. The van der Waals surface area contributed by atoms with Crippen molar-refractivity contribution in [1.82, 2.24) is 19.7 Å². The fraction of sp³-hybridized carbons (Fsp3) is 0.400. The maximum absolute atomic E-state index is 10.5. The lowest BCUT2D eigenvalue weighted by Crippen LogP contribution is -2.24. The number of nitrogens with zero attached hydrogens (tertiary/aromatic N) is 4. The highest BCUT2D eigenvalue weighted by Crippen LogP contribution is 2.20. The maximum atomic E-state index is 10.5. The summed E-state index contributed by atoms with van der Waals surface area (Å²) >= 11 is 0. The van der Waals surface area contributed by atoms with Crippen LogP contribution >= 0.6 is 0 Å². The Hall–Kier alpha value is -2.21. The van der Waals surface area contributed by atoms with Crippen molar-refractivity contribution in [3.05, 3.63) is 42.5 Å². The molecule has 6 heteroatoms. The van der Waals surface area contributed by atoms with Gasteiger partial charge in [0.15, 0.2) is 0 Å². The predicted octanol–water partition coefficient (Wildman–Crippen LogP) is 2.12. The molecule has 0 fully saturated rings. The molecule has 6 nitrogen and oxygen atoms in total. The SMILES string of the molecule is CC(c1ccc(-n2cncn2)cc1)N(C)CCCC(=O)O. The van der Waals surface area contributed by atoms with E-state index in [1.165, 1.54) is 11.9 Å². The largest absolute Gasteiger partial charge is 0.481 e. The van der Waals surface area contributed by atoms with Gasteiger partial charge in [0.05, 0.1) is 5.69 Å². The van der Waals surface area contributed by atoms with Crippen molar-refractivity contribution in [2.45, 2.75) is 25.8 Å². The number of rotatable bonds is 7. The van der Waals surface area contributed by atoms with Gasteiger partial charge in [0.25, 0.3) is 0 Å². The van der Waals surface area contributed by atoms with Crippen LogP contribution in [0.1, 0.15) is 31.4 Å². The number of aliphatic carboxylic acids is 1. The monoisotopic (exact) mass is 288 g/mol. The third-order valence-electron chi connectivity index (χ3n) is 3.62. The first-order valence-corrected chi connectivity index (χ1v) is 6.95. The van der Waals surface area contributed by atoms with Crippen LogP contribution in [-0.4, -0.2) is 44.3 Å². The third-order valence-corrected chi connectivity index (χ3v) is 3.62. The molecule has 1 aromatic carbocycles. The molecule has 1 aromatic heterocycles. The van der Waals surface area contributed by atoms with Gasteiger partial charge in [-0.15, -0.1) is 0 Å². The minimum absolute atomic E-state index is 0.211. The lowest BCUT2D eigenvalue weighted by Gasteiger charge is -2.25. The molecule has 1 heterocycles. The average Bonchev–Trinajstić information content (AvgIpc) is 3.00. The summed E-state index contributed by atoms with van der Waals surface area (Å²) in [4.78, 5) is 16.6. The Kier molecular flexibility index (Phi) is 5.05. The molecule has 0 saturated heterocycles. The minimum Gasteiger partial charge on any atom is -0.481 e. The molecule has 112 valence electrons. The number of carbonyl (C=O) groups is 1. The molecule has 2 rings (SSSR count). The van der Waals surface area contributed by atoms with E-state index < -0.39 is 5.97 Å². The van der Waals surface area contributed by atoms with E-state index in [1.54, 1.807) is 11.0 Å². The Morgan fingerprint density at radius 2 is 2.10 bits per heavy atom. The molecule has 0 amide bonds. The lowest BCUT2D eigenvalue weighted by atomic mass is 10.1. The molecule has 0 aliphatic heterocycles. The molecule has 0 aliphatic carbocycles. The fourth-order valence-electron chi connectivity index (χ4n) is 2.17. The molecule has 1 atom stereocenters. The van der Waals surface area contributed by atoms with Crippen LogP contribution in [0.15, 0.2) is 36.9 Å². The van der Waals surface area contributed by atoms with E-state index in [1.807, 2.05) is 19.2 Å². The lowest BCUT2D eigenvalue weighted by molar-refractivity contribution is -0.137. The molecule has 2 aromatic rings. The van der Waals surface area contributed by atoms with Crippen molar-refractivity contribution in [3.8, 4) is 5.69 Å². The van der Waals surface area contributed by atoms with Gasteiger partial charge in [0.1, 0.15) is 12.7 Å². The summed E-state index contributed by atoms with van der Waals surface area (Å²) in [5.41, 5.74) is 2.16. The Labute approximate surface area is 124 Å². The Balaban J connectivity index is 1.96. The van der Waals surface area contributed by atoms with Gasteiger partial charge in [-0.05, 0) is 44.6 Å². The third kappa shape index (κ3) is 4.13. The summed E-state index contributed by atoms with van der Waals surface area (Å²) < 4.78 is 1.71. The second-order valence-electron chi connectivity index (χ2n) is 5.09. The number of benzene rings is 1. The van der Waals surface area contributed by atoms with Gasteiger partial charge in [-0.25, -0.2) is 9.67 Å². The molecule has 0 saturated carbocycles. The summed E-state index contributed by atoms with van der Waals surface area (Å²) in [6.45, 7) is 2.88. The smallest absolute Gasteiger partial charge is 0.303 e. The number of hydrogen-bond acceptors (Lipinski definition) is 4. The Morgan fingerprint density at radius 3 is 2.67 bits per heavy atom.